The molecule has 128 valence electrons. The van der Waals surface area contributed by atoms with Crippen LogP contribution in [-0.4, -0.2) is 29.0 Å². The molecule has 0 spiro atoms. The van der Waals surface area contributed by atoms with Crippen molar-refractivity contribution in [1.82, 2.24) is 0 Å². The molecule has 0 aromatic heterocycles. The van der Waals surface area contributed by atoms with Gasteiger partial charge in [0.1, 0.15) is 0 Å². The lowest BCUT2D eigenvalue weighted by Crippen LogP contribution is -2.25. The summed E-state index contributed by atoms with van der Waals surface area (Å²) in [6, 6.07) is 0. The van der Waals surface area contributed by atoms with Crippen molar-refractivity contribution < 1.29 is 10.2 Å². The van der Waals surface area contributed by atoms with Crippen LogP contribution < -0.4 is 5.73 Å². The van der Waals surface area contributed by atoms with E-state index in [0.29, 0.717) is 0 Å². The predicted molar refractivity (Wildman–Crippen MR) is 91.4 cm³/mol. The van der Waals surface area contributed by atoms with E-state index in [0.717, 1.165) is 45.1 Å². The Kier molecular flexibility index (Phi) is 16.2. The molecule has 4 N–H and O–H groups in total. The van der Waals surface area contributed by atoms with Crippen LogP contribution in [0.25, 0.3) is 0 Å². The molecule has 0 saturated heterocycles. The molecule has 0 fully saturated rings. The van der Waals surface area contributed by atoms with Crippen LogP contribution in [0.1, 0.15) is 96.8 Å². The second-order valence-electron chi connectivity index (χ2n) is 6.39. The average Bonchev–Trinajstić information content (AvgIpc) is 2.49. The van der Waals surface area contributed by atoms with Gasteiger partial charge in [0.05, 0.1) is 12.2 Å². The fourth-order valence-electron chi connectivity index (χ4n) is 2.72. The summed E-state index contributed by atoms with van der Waals surface area (Å²) >= 11 is 0. The van der Waals surface area contributed by atoms with E-state index >= 15 is 0 Å². The molecular weight excluding hydrogens is 262 g/mol. The Hall–Kier alpha value is -0.120. The number of aliphatic hydroxyl groups is 2. The number of rotatable bonds is 16. The zero-order chi connectivity index (χ0) is 15.8. The third-order valence-corrected chi connectivity index (χ3v) is 4.25. The highest BCUT2D eigenvalue weighted by Crippen LogP contribution is 2.14. The number of hydrogen-bond donors (Lipinski definition) is 3. The molecule has 0 bridgehead atoms. The maximum atomic E-state index is 9.93. The third kappa shape index (κ3) is 14.6. The quantitative estimate of drug-likeness (QED) is 0.375. The Balaban J connectivity index is 3.34. The second-order valence-corrected chi connectivity index (χ2v) is 6.39. The first kappa shape index (κ1) is 20.9. The van der Waals surface area contributed by atoms with Crippen LogP contribution in [0.4, 0.5) is 0 Å². The van der Waals surface area contributed by atoms with Crippen molar-refractivity contribution in [2.75, 3.05) is 6.54 Å². The molecule has 0 radical (unpaired) electrons. The third-order valence-electron chi connectivity index (χ3n) is 4.25. The zero-order valence-electron chi connectivity index (χ0n) is 14.2. The Morgan fingerprint density at radius 2 is 1.00 bits per heavy atom. The van der Waals surface area contributed by atoms with E-state index in [1.165, 1.54) is 51.4 Å². The molecule has 0 aromatic carbocycles. The summed E-state index contributed by atoms with van der Waals surface area (Å²) in [6.07, 6.45) is 14.8. The van der Waals surface area contributed by atoms with Gasteiger partial charge in [-0.15, -0.1) is 0 Å². The molecule has 3 heteroatoms. The summed E-state index contributed by atoms with van der Waals surface area (Å²) in [5.41, 5.74) is 5.46. The summed E-state index contributed by atoms with van der Waals surface area (Å²) < 4.78 is 0. The Morgan fingerprint density at radius 1 is 0.619 bits per heavy atom. The molecule has 2 unspecified atom stereocenters. The maximum absolute atomic E-state index is 9.93. The minimum Gasteiger partial charge on any atom is -0.390 e. The van der Waals surface area contributed by atoms with Gasteiger partial charge in [-0.2, -0.15) is 0 Å². The highest BCUT2D eigenvalue weighted by molar-refractivity contribution is 4.67. The lowest BCUT2D eigenvalue weighted by molar-refractivity contribution is 0.00712. The van der Waals surface area contributed by atoms with Crippen molar-refractivity contribution in [3.8, 4) is 0 Å². The molecule has 21 heavy (non-hydrogen) atoms. The van der Waals surface area contributed by atoms with Crippen LogP contribution in [0, 0.1) is 0 Å². The van der Waals surface area contributed by atoms with Crippen LogP contribution in [0.15, 0.2) is 0 Å². The second kappa shape index (κ2) is 16.3. The standard InChI is InChI=1S/C18H39NO2/c1-2-3-4-5-8-11-14-17(20)18(21)15-12-9-6-7-10-13-16-19/h17-18,20-21H,2-16,19H2,1H3. The number of nitrogens with two attached hydrogens (primary N) is 1. The van der Waals surface area contributed by atoms with Crippen LogP contribution in [0.3, 0.4) is 0 Å². The van der Waals surface area contributed by atoms with Crippen molar-refractivity contribution in [2.24, 2.45) is 5.73 Å². The van der Waals surface area contributed by atoms with Crippen molar-refractivity contribution in [2.45, 2.75) is 109 Å². The lowest BCUT2D eigenvalue weighted by Gasteiger charge is -2.17. The minimum absolute atomic E-state index is 0.520. The predicted octanol–water partition coefficient (Wildman–Crippen LogP) is 4.15. The van der Waals surface area contributed by atoms with Crippen molar-refractivity contribution in [3.63, 3.8) is 0 Å². The molecule has 0 rings (SSSR count). The minimum atomic E-state index is -0.523. The molecule has 0 aliphatic rings. The van der Waals surface area contributed by atoms with Gasteiger partial charge in [-0.05, 0) is 25.8 Å². The van der Waals surface area contributed by atoms with Gasteiger partial charge >= 0.3 is 0 Å². The van der Waals surface area contributed by atoms with E-state index in [1.54, 1.807) is 0 Å². The summed E-state index contributed by atoms with van der Waals surface area (Å²) in [5, 5.41) is 19.9. The fraction of sp³-hybridized carbons (Fsp3) is 1.00. The smallest absolute Gasteiger partial charge is 0.0799 e. The highest BCUT2D eigenvalue weighted by atomic mass is 16.3. The van der Waals surface area contributed by atoms with E-state index < -0.39 is 12.2 Å². The van der Waals surface area contributed by atoms with Gasteiger partial charge in [0.2, 0.25) is 0 Å². The van der Waals surface area contributed by atoms with E-state index in [9.17, 15) is 10.2 Å². The number of unbranched alkanes of at least 4 members (excludes halogenated alkanes) is 10. The van der Waals surface area contributed by atoms with Gasteiger partial charge in [0, 0.05) is 0 Å². The molecule has 2 atom stereocenters. The molecule has 0 amide bonds. The molecule has 3 nitrogen and oxygen atoms in total. The van der Waals surface area contributed by atoms with Gasteiger partial charge in [-0.1, -0.05) is 77.6 Å². The summed E-state index contributed by atoms with van der Waals surface area (Å²) in [6.45, 7) is 3.02. The van der Waals surface area contributed by atoms with Crippen molar-refractivity contribution in [3.05, 3.63) is 0 Å². The fourth-order valence-corrected chi connectivity index (χ4v) is 2.72. The zero-order valence-corrected chi connectivity index (χ0v) is 14.2. The monoisotopic (exact) mass is 301 g/mol. The summed E-state index contributed by atoms with van der Waals surface area (Å²) in [7, 11) is 0. The van der Waals surface area contributed by atoms with Crippen LogP contribution in [-0.2, 0) is 0 Å². The SMILES string of the molecule is CCCCCCCCC(O)C(O)CCCCCCCCN. The van der Waals surface area contributed by atoms with Crippen molar-refractivity contribution >= 4 is 0 Å². The van der Waals surface area contributed by atoms with E-state index in [4.69, 9.17) is 5.73 Å². The van der Waals surface area contributed by atoms with Gasteiger partial charge in [0.25, 0.3) is 0 Å². The largest absolute Gasteiger partial charge is 0.390 e. The van der Waals surface area contributed by atoms with Gasteiger partial charge < -0.3 is 15.9 Å². The molecule has 0 saturated carbocycles. The van der Waals surface area contributed by atoms with Gasteiger partial charge in [-0.25, -0.2) is 0 Å². The van der Waals surface area contributed by atoms with E-state index in [-0.39, 0.29) is 0 Å². The van der Waals surface area contributed by atoms with E-state index in [1.807, 2.05) is 0 Å². The lowest BCUT2D eigenvalue weighted by atomic mass is 9.99. The van der Waals surface area contributed by atoms with Crippen LogP contribution >= 0.6 is 0 Å². The average molecular weight is 302 g/mol. The summed E-state index contributed by atoms with van der Waals surface area (Å²) in [5.74, 6) is 0. The number of aliphatic hydroxyl groups excluding tert-OH is 2. The normalized spacial score (nSPS) is 14.3. The van der Waals surface area contributed by atoms with E-state index in [2.05, 4.69) is 6.92 Å². The summed E-state index contributed by atoms with van der Waals surface area (Å²) in [4.78, 5) is 0. The molecular formula is C18H39NO2. The molecule has 0 aliphatic heterocycles. The van der Waals surface area contributed by atoms with Crippen molar-refractivity contribution in [1.29, 1.82) is 0 Å². The molecule has 0 aromatic rings. The molecule has 0 aliphatic carbocycles. The first-order chi connectivity index (χ1) is 10.2. The first-order valence-corrected chi connectivity index (χ1v) is 9.28. The Bertz CT molecular complexity index is 200. The van der Waals surface area contributed by atoms with Gasteiger partial charge in [0.15, 0.2) is 0 Å². The highest BCUT2D eigenvalue weighted by Gasteiger charge is 2.14. The Labute approximate surface area is 132 Å². The topological polar surface area (TPSA) is 66.5 Å². The van der Waals surface area contributed by atoms with Crippen LogP contribution in [0.5, 0.6) is 0 Å². The maximum Gasteiger partial charge on any atom is 0.0799 e. The number of hydrogen-bond acceptors (Lipinski definition) is 3. The Morgan fingerprint density at radius 3 is 1.43 bits per heavy atom. The van der Waals surface area contributed by atoms with Crippen LogP contribution in [0.2, 0.25) is 0 Å². The molecule has 0 heterocycles. The first-order valence-electron chi connectivity index (χ1n) is 9.28. The van der Waals surface area contributed by atoms with Gasteiger partial charge in [-0.3, -0.25) is 0 Å².